The molecule has 0 radical (unpaired) electrons. The van der Waals surface area contributed by atoms with Crippen molar-refractivity contribution in [2.45, 2.75) is 0 Å². The van der Waals surface area contributed by atoms with Gasteiger partial charge in [-0.15, -0.1) is 10.2 Å². The minimum atomic E-state index is -0.561. The second-order valence-electron chi connectivity index (χ2n) is 1.49. The Labute approximate surface area is 51.9 Å². The predicted molar refractivity (Wildman–Crippen MR) is 31.5 cm³/mol. The largest absolute Gasteiger partial charge is 0.372 e. The summed E-state index contributed by atoms with van der Waals surface area (Å²) in [4.78, 5) is 0. The molecule has 1 rings (SSSR count). The number of nitrogens with one attached hydrogen (secondary N) is 1. The topological polar surface area (TPSA) is 37.8 Å². The van der Waals surface area contributed by atoms with E-state index in [4.69, 9.17) is 0 Å². The van der Waals surface area contributed by atoms with E-state index >= 15 is 0 Å². The van der Waals surface area contributed by atoms with Gasteiger partial charge in [-0.2, -0.15) is 4.39 Å². The molecule has 1 N–H and O–H groups in total. The van der Waals surface area contributed by atoms with E-state index in [9.17, 15) is 4.39 Å². The number of hydrogen-bond acceptors (Lipinski definition) is 3. The molecule has 0 unspecified atom stereocenters. The Morgan fingerprint density at radius 2 is 2.22 bits per heavy atom. The summed E-state index contributed by atoms with van der Waals surface area (Å²) in [6.45, 7) is 0. The molecular weight excluding hydrogens is 121 g/mol. The normalized spacial score (nSPS) is 9.11. The van der Waals surface area contributed by atoms with Gasteiger partial charge in [0.1, 0.15) is 5.82 Å². The molecule has 1 aromatic rings. The fraction of sp³-hybridized carbons (Fsp3) is 0.200. The van der Waals surface area contributed by atoms with Gasteiger partial charge < -0.3 is 5.32 Å². The number of rotatable bonds is 1. The lowest BCUT2D eigenvalue weighted by Crippen LogP contribution is -1.94. The average molecular weight is 127 g/mol. The maximum atomic E-state index is 12.0. The Morgan fingerprint density at radius 3 is 2.67 bits per heavy atom. The number of anilines is 1. The fourth-order valence-electron chi connectivity index (χ4n) is 0.449. The molecular formula is C5H6FN3. The first-order valence-electron chi connectivity index (χ1n) is 2.50. The highest BCUT2D eigenvalue weighted by Crippen LogP contribution is 1.97. The summed E-state index contributed by atoms with van der Waals surface area (Å²) in [5.41, 5.74) is 0. The number of aromatic nitrogens is 2. The first kappa shape index (κ1) is 5.94. The third-order valence-corrected chi connectivity index (χ3v) is 0.888. The first-order valence-corrected chi connectivity index (χ1v) is 2.50. The van der Waals surface area contributed by atoms with Crippen molar-refractivity contribution in [1.29, 1.82) is 0 Å². The lowest BCUT2D eigenvalue weighted by atomic mass is 10.5. The third kappa shape index (κ3) is 1.35. The maximum Gasteiger partial charge on any atom is 0.233 e. The van der Waals surface area contributed by atoms with Crippen LogP contribution in [0.25, 0.3) is 0 Å². The fourth-order valence-corrected chi connectivity index (χ4v) is 0.449. The Hall–Kier alpha value is -1.19. The van der Waals surface area contributed by atoms with Crippen LogP contribution in [0.3, 0.4) is 0 Å². The van der Waals surface area contributed by atoms with Crippen molar-refractivity contribution in [3.63, 3.8) is 0 Å². The SMILES string of the molecule is CNc1ccc(F)nn1. The highest BCUT2D eigenvalue weighted by atomic mass is 19.1. The summed E-state index contributed by atoms with van der Waals surface area (Å²) in [6, 6.07) is 2.77. The van der Waals surface area contributed by atoms with Gasteiger partial charge in [-0.05, 0) is 12.1 Å². The molecule has 0 aliphatic heterocycles. The van der Waals surface area contributed by atoms with Gasteiger partial charge in [0.05, 0.1) is 0 Å². The van der Waals surface area contributed by atoms with Crippen LogP contribution in [0.4, 0.5) is 10.2 Å². The summed E-state index contributed by atoms with van der Waals surface area (Å²) >= 11 is 0. The Balaban J connectivity index is 2.88. The molecule has 0 saturated carbocycles. The Morgan fingerprint density at radius 1 is 1.44 bits per heavy atom. The van der Waals surface area contributed by atoms with Gasteiger partial charge >= 0.3 is 0 Å². The molecule has 0 aliphatic rings. The van der Waals surface area contributed by atoms with E-state index in [1.807, 2.05) is 0 Å². The van der Waals surface area contributed by atoms with Crippen molar-refractivity contribution in [2.75, 3.05) is 12.4 Å². The smallest absolute Gasteiger partial charge is 0.233 e. The van der Waals surface area contributed by atoms with E-state index in [0.717, 1.165) is 0 Å². The second-order valence-corrected chi connectivity index (χ2v) is 1.49. The van der Waals surface area contributed by atoms with Gasteiger partial charge in [-0.1, -0.05) is 0 Å². The molecule has 1 aromatic heterocycles. The van der Waals surface area contributed by atoms with Crippen LogP contribution in [0.2, 0.25) is 0 Å². The Kier molecular flexibility index (Phi) is 1.58. The highest BCUT2D eigenvalue weighted by molar-refractivity contribution is 5.29. The van der Waals surface area contributed by atoms with Crippen LogP contribution in [0, 0.1) is 5.95 Å². The van der Waals surface area contributed by atoms with Crippen LogP contribution >= 0.6 is 0 Å². The summed E-state index contributed by atoms with van der Waals surface area (Å²) in [7, 11) is 1.70. The molecule has 3 nitrogen and oxygen atoms in total. The first-order chi connectivity index (χ1) is 4.33. The molecule has 0 fully saturated rings. The molecule has 4 heteroatoms. The van der Waals surface area contributed by atoms with Crippen LogP contribution < -0.4 is 5.32 Å². The van der Waals surface area contributed by atoms with Gasteiger partial charge in [0.15, 0.2) is 0 Å². The summed E-state index contributed by atoms with van der Waals surface area (Å²) in [5.74, 6) is 0.00500. The Bertz CT molecular complexity index is 184. The van der Waals surface area contributed by atoms with Crippen LogP contribution in [0.5, 0.6) is 0 Å². The van der Waals surface area contributed by atoms with Gasteiger partial charge in [-0.25, -0.2) is 0 Å². The van der Waals surface area contributed by atoms with Crippen molar-refractivity contribution >= 4 is 5.82 Å². The van der Waals surface area contributed by atoms with E-state index in [1.165, 1.54) is 12.1 Å². The van der Waals surface area contributed by atoms with Crippen molar-refractivity contribution in [1.82, 2.24) is 10.2 Å². The van der Waals surface area contributed by atoms with Crippen molar-refractivity contribution < 1.29 is 4.39 Å². The van der Waals surface area contributed by atoms with Crippen LogP contribution in [0.15, 0.2) is 12.1 Å². The van der Waals surface area contributed by atoms with Gasteiger partial charge in [0, 0.05) is 7.05 Å². The lowest BCUT2D eigenvalue weighted by molar-refractivity contribution is 0.564. The minimum Gasteiger partial charge on any atom is -0.372 e. The monoisotopic (exact) mass is 127 g/mol. The number of halogens is 1. The predicted octanol–water partition coefficient (Wildman–Crippen LogP) is 0.657. The quantitative estimate of drug-likeness (QED) is 0.602. The zero-order chi connectivity index (χ0) is 6.69. The molecule has 0 atom stereocenters. The standard InChI is InChI=1S/C5H6FN3/c1-7-5-3-2-4(6)8-9-5/h2-3H,1H3,(H,7,9). The molecule has 1 heterocycles. The molecule has 0 bridgehead atoms. The van der Waals surface area contributed by atoms with E-state index < -0.39 is 5.95 Å². The third-order valence-electron chi connectivity index (χ3n) is 0.888. The zero-order valence-electron chi connectivity index (χ0n) is 4.93. The van der Waals surface area contributed by atoms with E-state index in [-0.39, 0.29) is 0 Å². The molecule has 0 saturated heterocycles. The van der Waals surface area contributed by atoms with Crippen LogP contribution in [-0.2, 0) is 0 Å². The summed E-state index contributed by atoms with van der Waals surface area (Å²) < 4.78 is 12.0. The number of nitrogens with zero attached hydrogens (tertiary/aromatic N) is 2. The zero-order valence-corrected chi connectivity index (χ0v) is 4.93. The van der Waals surface area contributed by atoms with Gasteiger partial charge in [-0.3, -0.25) is 0 Å². The van der Waals surface area contributed by atoms with Crippen molar-refractivity contribution in [2.24, 2.45) is 0 Å². The molecule has 48 valence electrons. The van der Waals surface area contributed by atoms with Crippen LogP contribution in [-0.4, -0.2) is 17.2 Å². The van der Waals surface area contributed by atoms with E-state index in [1.54, 1.807) is 7.05 Å². The molecule has 0 aromatic carbocycles. The van der Waals surface area contributed by atoms with Crippen LogP contribution in [0.1, 0.15) is 0 Å². The molecule has 0 aliphatic carbocycles. The lowest BCUT2D eigenvalue weighted by Gasteiger charge is -1.93. The molecule has 0 spiro atoms. The van der Waals surface area contributed by atoms with Crippen molar-refractivity contribution in [3.05, 3.63) is 18.1 Å². The van der Waals surface area contributed by atoms with Gasteiger partial charge in [0.2, 0.25) is 5.95 Å². The van der Waals surface area contributed by atoms with E-state index in [2.05, 4.69) is 15.5 Å². The second kappa shape index (κ2) is 2.39. The minimum absolute atomic E-state index is 0.561. The van der Waals surface area contributed by atoms with E-state index in [0.29, 0.717) is 5.82 Å². The number of hydrogen-bond donors (Lipinski definition) is 1. The molecule has 9 heavy (non-hydrogen) atoms. The summed E-state index contributed by atoms with van der Waals surface area (Å²) in [5, 5.41) is 9.35. The average Bonchev–Trinajstić information content (AvgIpc) is 1.90. The van der Waals surface area contributed by atoms with Crippen molar-refractivity contribution in [3.8, 4) is 0 Å². The molecule has 0 amide bonds. The maximum absolute atomic E-state index is 12.0. The summed E-state index contributed by atoms with van der Waals surface area (Å²) in [6.07, 6.45) is 0. The van der Waals surface area contributed by atoms with Gasteiger partial charge in [0.25, 0.3) is 0 Å². The highest BCUT2D eigenvalue weighted by Gasteiger charge is 1.90.